The van der Waals surface area contributed by atoms with E-state index >= 15 is 0 Å². The molecule has 0 aliphatic heterocycles. The van der Waals surface area contributed by atoms with E-state index < -0.39 is 5.97 Å². The third kappa shape index (κ3) is 10.1. The Kier molecular flexibility index (Phi) is 11.6. The van der Waals surface area contributed by atoms with Crippen LogP contribution in [0.2, 0.25) is 0 Å². The summed E-state index contributed by atoms with van der Waals surface area (Å²) < 4.78 is 10.4. The first-order valence-electron chi connectivity index (χ1n) is 9.35. The second-order valence-electron chi connectivity index (χ2n) is 6.15. The molecule has 1 rings (SSSR count). The Morgan fingerprint density at radius 1 is 1.00 bits per heavy atom. The number of ether oxygens (including phenoxy) is 1. The summed E-state index contributed by atoms with van der Waals surface area (Å²) in [5.41, 5.74) is 0. The van der Waals surface area contributed by atoms with Crippen LogP contribution in [0.15, 0.2) is 28.7 Å². The van der Waals surface area contributed by atoms with Crippen LogP contribution < -0.4 is 4.74 Å². The normalized spacial score (nSPS) is 11.2. The third-order valence-electron chi connectivity index (χ3n) is 3.94. The van der Waals surface area contributed by atoms with Gasteiger partial charge in [-0.15, -0.1) is 0 Å². The average Bonchev–Trinajstić information content (AvgIpc) is 3.04. The minimum Gasteiger partial charge on any atom is -0.475 e. The summed E-state index contributed by atoms with van der Waals surface area (Å²) in [5, 5.41) is 8.74. The SMILES string of the molecule is CCCCC/C=C\CCCCCCCCOc1ccc(C(=O)O)o1. The van der Waals surface area contributed by atoms with E-state index in [1.807, 2.05) is 0 Å². The highest BCUT2D eigenvalue weighted by molar-refractivity contribution is 5.84. The molecule has 0 fully saturated rings. The van der Waals surface area contributed by atoms with Crippen molar-refractivity contribution < 1.29 is 19.1 Å². The molecule has 0 atom stereocenters. The van der Waals surface area contributed by atoms with Gasteiger partial charge in [0.15, 0.2) is 0 Å². The first-order valence-corrected chi connectivity index (χ1v) is 9.35. The molecule has 0 unspecified atom stereocenters. The van der Waals surface area contributed by atoms with Gasteiger partial charge in [0, 0.05) is 6.07 Å². The Morgan fingerprint density at radius 3 is 2.25 bits per heavy atom. The highest BCUT2D eigenvalue weighted by atomic mass is 16.6. The van der Waals surface area contributed by atoms with Crippen molar-refractivity contribution in [1.29, 1.82) is 0 Å². The summed E-state index contributed by atoms with van der Waals surface area (Å²) in [6, 6.07) is 2.97. The van der Waals surface area contributed by atoms with Crippen LogP contribution in [0.25, 0.3) is 0 Å². The Hall–Kier alpha value is -1.71. The molecule has 1 heterocycles. The summed E-state index contributed by atoms with van der Waals surface area (Å²) in [7, 11) is 0. The van der Waals surface area contributed by atoms with Gasteiger partial charge >= 0.3 is 5.97 Å². The van der Waals surface area contributed by atoms with E-state index in [4.69, 9.17) is 14.3 Å². The molecule has 0 bridgehead atoms. The molecular formula is C20H32O4. The van der Waals surface area contributed by atoms with Gasteiger partial charge in [-0.2, -0.15) is 0 Å². The smallest absolute Gasteiger partial charge is 0.371 e. The van der Waals surface area contributed by atoms with E-state index in [1.54, 1.807) is 6.07 Å². The number of allylic oxidation sites excluding steroid dienone is 2. The number of aromatic carboxylic acids is 1. The van der Waals surface area contributed by atoms with Crippen LogP contribution in [-0.2, 0) is 0 Å². The Bertz CT molecular complexity index is 462. The summed E-state index contributed by atoms with van der Waals surface area (Å²) >= 11 is 0. The highest BCUT2D eigenvalue weighted by Crippen LogP contribution is 2.16. The molecule has 1 aromatic heterocycles. The fourth-order valence-electron chi connectivity index (χ4n) is 2.50. The van der Waals surface area contributed by atoms with Crippen LogP contribution in [0.5, 0.6) is 5.95 Å². The minimum absolute atomic E-state index is 0.0792. The molecule has 0 saturated carbocycles. The van der Waals surface area contributed by atoms with E-state index in [2.05, 4.69) is 19.1 Å². The molecule has 24 heavy (non-hydrogen) atoms. The molecule has 4 nitrogen and oxygen atoms in total. The predicted molar refractivity (Wildman–Crippen MR) is 96.8 cm³/mol. The largest absolute Gasteiger partial charge is 0.475 e. The summed E-state index contributed by atoms with van der Waals surface area (Å²) in [5.74, 6) is -0.858. The number of rotatable bonds is 15. The Labute approximate surface area is 145 Å². The van der Waals surface area contributed by atoms with Gasteiger partial charge in [0.1, 0.15) is 0 Å². The van der Waals surface area contributed by atoms with Crippen LogP contribution in [0.4, 0.5) is 0 Å². The summed E-state index contributed by atoms with van der Waals surface area (Å²) in [4.78, 5) is 10.7. The average molecular weight is 336 g/mol. The number of hydrogen-bond donors (Lipinski definition) is 1. The van der Waals surface area contributed by atoms with Crippen molar-refractivity contribution in [3.05, 3.63) is 30.0 Å². The van der Waals surface area contributed by atoms with Gasteiger partial charge in [0.2, 0.25) is 5.76 Å². The Morgan fingerprint density at radius 2 is 1.62 bits per heavy atom. The maximum atomic E-state index is 10.7. The number of carboxylic acids is 1. The van der Waals surface area contributed by atoms with Crippen LogP contribution in [0.3, 0.4) is 0 Å². The number of carboxylic acid groups (broad SMARTS) is 1. The number of hydrogen-bond acceptors (Lipinski definition) is 3. The molecule has 136 valence electrons. The topological polar surface area (TPSA) is 59.7 Å². The van der Waals surface area contributed by atoms with Gasteiger partial charge in [-0.1, -0.05) is 57.6 Å². The summed E-state index contributed by atoms with van der Waals surface area (Å²) in [6.45, 7) is 2.81. The van der Waals surface area contributed by atoms with Gasteiger partial charge < -0.3 is 14.3 Å². The number of unbranched alkanes of at least 4 members (excludes halogenated alkanes) is 9. The lowest BCUT2D eigenvalue weighted by Gasteiger charge is -2.03. The zero-order valence-corrected chi connectivity index (χ0v) is 15.0. The maximum Gasteiger partial charge on any atom is 0.371 e. The maximum absolute atomic E-state index is 10.7. The zero-order valence-electron chi connectivity index (χ0n) is 15.0. The van der Waals surface area contributed by atoms with Gasteiger partial charge in [-0.25, -0.2) is 4.79 Å². The standard InChI is InChI=1S/C20H32O4/c1-2-3-4-5-6-7-8-9-10-11-12-13-14-17-23-19-16-15-18(24-19)20(21)22/h6-7,15-16H,2-5,8-14,17H2,1H3,(H,21,22)/b7-6-. The van der Waals surface area contributed by atoms with Crippen LogP contribution in [-0.4, -0.2) is 17.7 Å². The second-order valence-corrected chi connectivity index (χ2v) is 6.15. The first kappa shape index (κ1) is 20.3. The van der Waals surface area contributed by atoms with E-state index in [-0.39, 0.29) is 11.7 Å². The minimum atomic E-state index is -1.07. The molecule has 0 aliphatic carbocycles. The van der Waals surface area contributed by atoms with Crippen molar-refractivity contribution in [1.82, 2.24) is 0 Å². The lowest BCUT2D eigenvalue weighted by molar-refractivity contribution is 0.0653. The lowest BCUT2D eigenvalue weighted by atomic mass is 10.1. The van der Waals surface area contributed by atoms with Gasteiger partial charge in [0.05, 0.1) is 6.61 Å². The quantitative estimate of drug-likeness (QED) is 0.305. The molecule has 1 aromatic rings. The van der Waals surface area contributed by atoms with E-state index in [0.717, 1.165) is 12.8 Å². The Balaban J connectivity index is 1.86. The molecule has 0 aromatic carbocycles. The molecule has 0 radical (unpaired) electrons. The van der Waals surface area contributed by atoms with Crippen molar-refractivity contribution in [2.24, 2.45) is 0 Å². The zero-order chi connectivity index (χ0) is 17.5. The number of furan rings is 1. The second kappa shape index (κ2) is 13.7. The molecule has 0 aliphatic rings. The fraction of sp³-hybridized carbons (Fsp3) is 0.650. The van der Waals surface area contributed by atoms with Crippen LogP contribution in [0.1, 0.15) is 88.1 Å². The lowest BCUT2D eigenvalue weighted by Crippen LogP contribution is -1.96. The number of carbonyl (C=O) groups is 1. The van der Waals surface area contributed by atoms with Crippen LogP contribution in [0, 0.1) is 0 Å². The highest BCUT2D eigenvalue weighted by Gasteiger charge is 2.09. The molecule has 4 heteroatoms. The van der Waals surface area contributed by atoms with Crippen molar-refractivity contribution in [3.8, 4) is 5.95 Å². The van der Waals surface area contributed by atoms with Crippen molar-refractivity contribution in [2.45, 2.75) is 77.6 Å². The van der Waals surface area contributed by atoms with Crippen molar-refractivity contribution >= 4 is 5.97 Å². The molecule has 1 N–H and O–H groups in total. The fourth-order valence-corrected chi connectivity index (χ4v) is 2.50. The van der Waals surface area contributed by atoms with Gasteiger partial charge in [-0.05, 0) is 38.2 Å². The molecule has 0 spiro atoms. The summed E-state index contributed by atoms with van der Waals surface area (Å²) in [6.07, 6.45) is 18.2. The van der Waals surface area contributed by atoms with Crippen molar-refractivity contribution in [2.75, 3.05) is 6.61 Å². The molecular weight excluding hydrogens is 304 g/mol. The molecule has 0 saturated heterocycles. The predicted octanol–water partition coefficient (Wildman–Crippen LogP) is 6.22. The molecule has 0 amide bonds. The van der Waals surface area contributed by atoms with Crippen LogP contribution >= 0.6 is 0 Å². The first-order chi connectivity index (χ1) is 11.7. The van der Waals surface area contributed by atoms with E-state index in [0.29, 0.717) is 6.61 Å². The van der Waals surface area contributed by atoms with Crippen molar-refractivity contribution in [3.63, 3.8) is 0 Å². The monoisotopic (exact) mass is 336 g/mol. The van der Waals surface area contributed by atoms with Gasteiger partial charge in [0.25, 0.3) is 5.95 Å². The van der Waals surface area contributed by atoms with E-state index in [1.165, 1.54) is 63.9 Å². The third-order valence-corrected chi connectivity index (χ3v) is 3.94. The van der Waals surface area contributed by atoms with Gasteiger partial charge in [-0.3, -0.25) is 0 Å². The van der Waals surface area contributed by atoms with E-state index in [9.17, 15) is 4.79 Å².